The Bertz CT molecular complexity index is 439. The molecule has 0 spiro atoms. The zero-order chi connectivity index (χ0) is 13.7. The molecule has 1 rings (SSSR count). The monoisotopic (exact) mass is 252 g/mol. The van der Waals surface area contributed by atoms with E-state index >= 15 is 0 Å². The number of likely N-dealkylation sites (N-methyl/N-ethyl adjacent to an activating group) is 1. The molecule has 0 radical (unpaired) electrons. The predicted molar refractivity (Wildman–Crippen MR) is 74.0 cm³/mol. The van der Waals surface area contributed by atoms with Gasteiger partial charge in [0.2, 0.25) is 0 Å². The van der Waals surface area contributed by atoms with Gasteiger partial charge in [-0.1, -0.05) is 0 Å². The first-order valence-electron chi connectivity index (χ1n) is 6.33. The van der Waals surface area contributed by atoms with Crippen LogP contribution in [0, 0.1) is 13.8 Å². The Morgan fingerprint density at radius 2 is 2.11 bits per heavy atom. The van der Waals surface area contributed by atoms with E-state index in [-0.39, 0.29) is 5.69 Å². The van der Waals surface area contributed by atoms with E-state index in [0.29, 0.717) is 12.6 Å². The quantitative estimate of drug-likeness (QED) is 0.796. The number of hydrogen-bond acceptors (Lipinski definition) is 4. The zero-order valence-electron chi connectivity index (χ0n) is 12.0. The van der Waals surface area contributed by atoms with Crippen LogP contribution in [0.15, 0.2) is 10.9 Å². The summed E-state index contributed by atoms with van der Waals surface area (Å²) in [5, 5.41) is 3.40. The Morgan fingerprint density at radius 3 is 2.67 bits per heavy atom. The Kier molecular flexibility index (Phi) is 5.50. The molecule has 5 nitrogen and oxygen atoms in total. The summed E-state index contributed by atoms with van der Waals surface area (Å²) in [7, 11) is 4.10. The van der Waals surface area contributed by atoms with Crippen LogP contribution in [0.3, 0.4) is 0 Å². The first-order valence-corrected chi connectivity index (χ1v) is 6.33. The standard InChI is InChI=1S/C13H24N4O/c1-10-8-12(3)17(13(18)15-10)7-6-14-11(2)9-16(4)5/h8,11,14H,6-7,9H2,1-5H3. The second-order valence-electron chi connectivity index (χ2n) is 5.09. The molecule has 1 atom stereocenters. The first kappa shape index (κ1) is 14.9. The number of nitrogens with zero attached hydrogens (tertiary/aromatic N) is 3. The molecule has 102 valence electrons. The van der Waals surface area contributed by atoms with Gasteiger partial charge in [-0.2, -0.15) is 4.98 Å². The summed E-state index contributed by atoms with van der Waals surface area (Å²) in [5.74, 6) is 0. The minimum atomic E-state index is -0.158. The first-order chi connectivity index (χ1) is 8.40. The highest BCUT2D eigenvalue weighted by Gasteiger charge is 2.05. The van der Waals surface area contributed by atoms with Crippen molar-refractivity contribution in [2.45, 2.75) is 33.4 Å². The molecule has 0 bridgehead atoms. The van der Waals surface area contributed by atoms with Crippen molar-refractivity contribution in [2.75, 3.05) is 27.2 Å². The van der Waals surface area contributed by atoms with Gasteiger partial charge in [0.05, 0.1) is 0 Å². The van der Waals surface area contributed by atoms with Crippen molar-refractivity contribution >= 4 is 0 Å². The fraction of sp³-hybridized carbons (Fsp3) is 0.692. The number of aryl methyl sites for hydroxylation is 2. The van der Waals surface area contributed by atoms with Gasteiger partial charge < -0.3 is 10.2 Å². The van der Waals surface area contributed by atoms with Crippen LogP contribution in [0.5, 0.6) is 0 Å². The van der Waals surface area contributed by atoms with Crippen molar-refractivity contribution in [2.24, 2.45) is 0 Å². The van der Waals surface area contributed by atoms with Crippen molar-refractivity contribution < 1.29 is 0 Å². The molecular weight excluding hydrogens is 228 g/mol. The lowest BCUT2D eigenvalue weighted by atomic mass is 10.3. The van der Waals surface area contributed by atoms with Crippen molar-refractivity contribution in [3.05, 3.63) is 27.9 Å². The molecule has 0 saturated heterocycles. The van der Waals surface area contributed by atoms with Gasteiger partial charge in [-0.25, -0.2) is 4.79 Å². The van der Waals surface area contributed by atoms with Crippen molar-refractivity contribution in [3.8, 4) is 0 Å². The van der Waals surface area contributed by atoms with E-state index in [1.165, 1.54) is 0 Å². The smallest absolute Gasteiger partial charge is 0.311 e. The minimum absolute atomic E-state index is 0.158. The molecule has 0 aliphatic heterocycles. The molecule has 1 heterocycles. The molecule has 5 heteroatoms. The molecule has 1 N–H and O–H groups in total. The molecule has 0 amide bonds. The van der Waals surface area contributed by atoms with Gasteiger partial charge >= 0.3 is 5.69 Å². The van der Waals surface area contributed by atoms with Gasteiger partial charge in [0.15, 0.2) is 0 Å². The van der Waals surface area contributed by atoms with E-state index in [9.17, 15) is 4.79 Å². The van der Waals surface area contributed by atoms with E-state index in [4.69, 9.17) is 0 Å². The minimum Gasteiger partial charge on any atom is -0.311 e. The van der Waals surface area contributed by atoms with Crippen molar-refractivity contribution in [1.29, 1.82) is 0 Å². The highest BCUT2D eigenvalue weighted by atomic mass is 16.1. The SMILES string of the molecule is Cc1cc(C)n(CCNC(C)CN(C)C)c(=O)n1. The average Bonchev–Trinajstić information content (AvgIpc) is 2.20. The summed E-state index contributed by atoms with van der Waals surface area (Å²) in [5.41, 5.74) is 1.59. The topological polar surface area (TPSA) is 50.2 Å². The van der Waals surface area contributed by atoms with Gasteiger partial charge in [-0.3, -0.25) is 4.57 Å². The Balaban J connectivity index is 2.52. The van der Waals surface area contributed by atoms with Gasteiger partial charge in [-0.15, -0.1) is 0 Å². The van der Waals surface area contributed by atoms with Crippen LogP contribution in [-0.4, -0.2) is 47.7 Å². The lowest BCUT2D eigenvalue weighted by Crippen LogP contribution is -2.39. The number of rotatable bonds is 6. The van der Waals surface area contributed by atoms with Gasteiger partial charge in [0.25, 0.3) is 0 Å². The second-order valence-corrected chi connectivity index (χ2v) is 5.09. The number of aromatic nitrogens is 2. The van der Waals surface area contributed by atoms with Crippen LogP contribution in [0.2, 0.25) is 0 Å². The maximum absolute atomic E-state index is 11.7. The van der Waals surface area contributed by atoms with Crippen molar-refractivity contribution in [3.63, 3.8) is 0 Å². The number of hydrogen-bond donors (Lipinski definition) is 1. The van der Waals surface area contributed by atoms with E-state index < -0.39 is 0 Å². The van der Waals surface area contributed by atoms with Gasteiger partial charge in [0, 0.05) is 37.1 Å². The third kappa shape index (κ3) is 4.58. The van der Waals surface area contributed by atoms with E-state index in [2.05, 4.69) is 36.2 Å². The summed E-state index contributed by atoms with van der Waals surface area (Å²) < 4.78 is 1.71. The molecule has 0 fully saturated rings. The predicted octanol–water partition coefficient (Wildman–Crippen LogP) is 0.400. The van der Waals surface area contributed by atoms with Crippen molar-refractivity contribution in [1.82, 2.24) is 19.8 Å². The van der Waals surface area contributed by atoms with E-state index in [0.717, 1.165) is 24.5 Å². The van der Waals surface area contributed by atoms with Crippen LogP contribution in [0.25, 0.3) is 0 Å². The summed E-state index contributed by atoms with van der Waals surface area (Å²) in [6.07, 6.45) is 0. The molecule has 0 aliphatic rings. The molecule has 0 saturated carbocycles. The Hall–Kier alpha value is -1.20. The molecule has 1 aromatic heterocycles. The fourth-order valence-electron chi connectivity index (χ4n) is 2.08. The molecule has 1 unspecified atom stereocenters. The summed E-state index contributed by atoms with van der Waals surface area (Å²) in [4.78, 5) is 17.8. The maximum Gasteiger partial charge on any atom is 0.347 e. The van der Waals surface area contributed by atoms with Crippen LogP contribution in [0.1, 0.15) is 18.3 Å². The molecule has 18 heavy (non-hydrogen) atoms. The maximum atomic E-state index is 11.7. The van der Waals surface area contributed by atoms with Gasteiger partial charge in [0.1, 0.15) is 0 Å². The normalized spacial score (nSPS) is 13.0. The largest absolute Gasteiger partial charge is 0.347 e. The third-order valence-electron chi connectivity index (χ3n) is 2.81. The van der Waals surface area contributed by atoms with Crippen LogP contribution >= 0.6 is 0 Å². The highest BCUT2D eigenvalue weighted by Crippen LogP contribution is 1.96. The van der Waals surface area contributed by atoms with E-state index in [1.807, 2.05) is 19.9 Å². The van der Waals surface area contributed by atoms with Crippen LogP contribution in [0.4, 0.5) is 0 Å². The molecule has 1 aromatic rings. The lowest BCUT2D eigenvalue weighted by molar-refractivity contribution is 0.346. The highest BCUT2D eigenvalue weighted by molar-refractivity contribution is 5.06. The average molecular weight is 252 g/mol. The zero-order valence-corrected chi connectivity index (χ0v) is 12.0. The van der Waals surface area contributed by atoms with Crippen LogP contribution in [-0.2, 0) is 6.54 Å². The Morgan fingerprint density at radius 1 is 1.44 bits per heavy atom. The third-order valence-corrected chi connectivity index (χ3v) is 2.81. The lowest BCUT2D eigenvalue weighted by Gasteiger charge is -2.19. The van der Waals surface area contributed by atoms with Gasteiger partial charge in [-0.05, 0) is 40.9 Å². The molecular formula is C13H24N4O. The molecule has 0 aliphatic carbocycles. The second kappa shape index (κ2) is 6.66. The molecule has 0 aromatic carbocycles. The fourth-order valence-corrected chi connectivity index (χ4v) is 2.08. The van der Waals surface area contributed by atoms with Crippen LogP contribution < -0.4 is 11.0 Å². The number of nitrogens with one attached hydrogen (secondary N) is 1. The summed E-state index contributed by atoms with van der Waals surface area (Å²) >= 11 is 0. The van der Waals surface area contributed by atoms with E-state index in [1.54, 1.807) is 4.57 Å². The summed E-state index contributed by atoms with van der Waals surface area (Å²) in [6, 6.07) is 2.35. The Labute approximate surface area is 109 Å². The summed E-state index contributed by atoms with van der Waals surface area (Å²) in [6.45, 7) is 8.36.